The zero-order valence-corrected chi connectivity index (χ0v) is 13.3. The summed E-state index contributed by atoms with van der Waals surface area (Å²) in [6.07, 6.45) is 4.39. The van der Waals surface area contributed by atoms with Crippen LogP contribution in [0.2, 0.25) is 0 Å². The first kappa shape index (κ1) is 17.2. The molecule has 2 amide bonds. The van der Waals surface area contributed by atoms with Crippen LogP contribution in [0.25, 0.3) is 0 Å². The van der Waals surface area contributed by atoms with Gasteiger partial charge in [-0.05, 0) is 6.42 Å². The van der Waals surface area contributed by atoms with E-state index in [-0.39, 0.29) is 18.4 Å². The zero-order chi connectivity index (χ0) is 15.9. The van der Waals surface area contributed by atoms with Crippen molar-refractivity contribution >= 4 is 17.6 Å². The van der Waals surface area contributed by atoms with Crippen LogP contribution in [-0.4, -0.2) is 35.0 Å². The molecule has 0 unspecified atom stereocenters. The van der Waals surface area contributed by atoms with Crippen LogP contribution in [0.3, 0.4) is 0 Å². The van der Waals surface area contributed by atoms with E-state index in [1.165, 1.54) is 6.26 Å². The van der Waals surface area contributed by atoms with Crippen LogP contribution in [0.4, 0.5) is 5.82 Å². The van der Waals surface area contributed by atoms with Crippen LogP contribution in [0.15, 0.2) is 16.9 Å². The summed E-state index contributed by atoms with van der Waals surface area (Å²) >= 11 is 0. The van der Waals surface area contributed by atoms with Crippen LogP contribution in [0, 0.1) is 5.41 Å². The molecular weight excluding hydrogens is 270 g/mol. The normalized spacial score (nSPS) is 11.2. The number of hydrogen-bond acceptors (Lipinski definition) is 4. The van der Waals surface area contributed by atoms with Crippen molar-refractivity contribution in [3.8, 4) is 0 Å². The highest BCUT2D eigenvalue weighted by Crippen LogP contribution is 2.18. The van der Waals surface area contributed by atoms with Gasteiger partial charge in [0.05, 0.1) is 6.54 Å². The van der Waals surface area contributed by atoms with Crippen molar-refractivity contribution in [2.24, 2.45) is 5.41 Å². The fourth-order valence-corrected chi connectivity index (χ4v) is 1.91. The van der Waals surface area contributed by atoms with Gasteiger partial charge in [0.2, 0.25) is 11.8 Å². The minimum Gasteiger partial charge on any atom is -0.363 e. The van der Waals surface area contributed by atoms with Crippen molar-refractivity contribution in [3.63, 3.8) is 0 Å². The summed E-state index contributed by atoms with van der Waals surface area (Å²) in [5.41, 5.74) is -0.500. The molecule has 21 heavy (non-hydrogen) atoms. The molecule has 0 aromatic carbocycles. The predicted octanol–water partition coefficient (Wildman–Crippen LogP) is 2.68. The number of amides is 2. The van der Waals surface area contributed by atoms with Crippen molar-refractivity contribution in [3.05, 3.63) is 12.3 Å². The number of rotatable bonds is 7. The molecule has 0 saturated carbocycles. The lowest BCUT2D eigenvalue weighted by molar-refractivity contribution is -0.141. The monoisotopic (exact) mass is 295 g/mol. The van der Waals surface area contributed by atoms with Crippen molar-refractivity contribution in [1.82, 2.24) is 10.1 Å². The molecule has 0 bridgehead atoms. The van der Waals surface area contributed by atoms with E-state index in [9.17, 15) is 9.59 Å². The Kier molecular flexibility index (Phi) is 6.39. The Morgan fingerprint density at radius 1 is 1.33 bits per heavy atom. The smallest absolute Gasteiger partial charge is 0.245 e. The number of unbranched alkanes of at least 4 members (excludes halogenated alkanes) is 2. The highest BCUT2D eigenvalue weighted by molar-refractivity contribution is 5.94. The number of carbonyl (C=O) groups excluding carboxylic acids is 2. The third kappa shape index (κ3) is 5.97. The SMILES string of the molecule is CCCCCN(CC(=O)Nc1ccon1)C(=O)C(C)(C)C. The fraction of sp³-hybridized carbons (Fsp3) is 0.667. The molecule has 0 fully saturated rings. The van der Waals surface area contributed by atoms with Crippen LogP contribution >= 0.6 is 0 Å². The van der Waals surface area contributed by atoms with Crippen molar-refractivity contribution < 1.29 is 14.1 Å². The summed E-state index contributed by atoms with van der Waals surface area (Å²) in [6.45, 7) is 8.31. The second-order valence-electron chi connectivity index (χ2n) is 6.12. The lowest BCUT2D eigenvalue weighted by Crippen LogP contribution is -2.44. The van der Waals surface area contributed by atoms with Gasteiger partial charge in [0.25, 0.3) is 0 Å². The summed E-state index contributed by atoms with van der Waals surface area (Å²) in [5.74, 6) is 0.0728. The highest BCUT2D eigenvalue weighted by atomic mass is 16.5. The lowest BCUT2D eigenvalue weighted by atomic mass is 9.94. The molecule has 0 aliphatic carbocycles. The molecule has 0 saturated heterocycles. The van der Waals surface area contributed by atoms with E-state index in [2.05, 4.69) is 21.9 Å². The first-order chi connectivity index (χ1) is 9.84. The van der Waals surface area contributed by atoms with Crippen molar-refractivity contribution in [2.75, 3.05) is 18.4 Å². The second-order valence-corrected chi connectivity index (χ2v) is 6.12. The third-order valence-electron chi connectivity index (χ3n) is 3.00. The van der Waals surface area contributed by atoms with Gasteiger partial charge in [-0.1, -0.05) is 45.7 Å². The molecule has 0 aliphatic rings. The van der Waals surface area contributed by atoms with Gasteiger partial charge in [-0.15, -0.1) is 0 Å². The molecule has 0 radical (unpaired) electrons. The van der Waals surface area contributed by atoms with Gasteiger partial charge in [-0.25, -0.2) is 0 Å². The zero-order valence-electron chi connectivity index (χ0n) is 13.3. The van der Waals surface area contributed by atoms with Gasteiger partial charge >= 0.3 is 0 Å². The largest absolute Gasteiger partial charge is 0.363 e. The molecule has 6 heteroatoms. The number of anilines is 1. The maximum absolute atomic E-state index is 12.4. The Labute approximate surface area is 125 Å². The summed E-state index contributed by atoms with van der Waals surface area (Å²) < 4.78 is 4.66. The van der Waals surface area contributed by atoms with Crippen LogP contribution in [0.5, 0.6) is 0 Å². The number of carbonyl (C=O) groups is 2. The molecular formula is C15H25N3O3. The van der Waals surface area contributed by atoms with E-state index in [0.29, 0.717) is 12.4 Å². The van der Waals surface area contributed by atoms with E-state index >= 15 is 0 Å². The molecule has 6 nitrogen and oxygen atoms in total. The standard InChI is InChI=1S/C15H25N3O3/c1-5-6-7-9-18(14(20)15(2,3)4)11-13(19)16-12-8-10-21-17-12/h8,10H,5-7,9,11H2,1-4H3,(H,16,17,19). The number of hydrogen-bond donors (Lipinski definition) is 1. The van der Waals surface area contributed by atoms with Gasteiger partial charge in [0.15, 0.2) is 5.82 Å². The predicted molar refractivity (Wildman–Crippen MR) is 80.7 cm³/mol. The van der Waals surface area contributed by atoms with Gasteiger partial charge in [0.1, 0.15) is 6.26 Å². The first-order valence-electron chi connectivity index (χ1n) is 7.34. The second kappa shape index (κ2) is 7.81. The average Bonchev–Trinajstić information content (AvgIpc) is 2.88. The van der Waals surface area contributed by atoms with E-state index in [1.54, 1.807) is 11.0 Å². The fourth-order valence-electron chi connectivity index (χ4n) is 1.91. The maximum Gasteiger partial charge on any atom is 0.245 e. The van der Waals surface area contributed by atoms with Gasteiger partial charge < -0.3 is 14.7 Å². The lowest BCUT2D eigenvalue weighted by Gasteiger charge is -2.29. The third-order valence-corrected chi connectivity index (χ3v) is 3.00. The first-order valence-corrected chi connectivity index (χ1v) is 7.34. The van der Waals surface area contributed by atoms with Crippen molar-refractivity contribution in [1.29, 1.82) is 0 Å². The number of nitrogens with one attached hydrogen (secondary N) is 1. The van der Waals surface area contributed by atoms with Gasteiger partial charge in [-0.3, -0.25) is 9.59 Å². The molecule has 118 valence electrons. The van der Waals surface area contributed by atoms with Gasteiger partial charge in [0, 0.05) is 18.0 Å². The Morgan fingerprint density at radius 2 is 2.05 bits per heavy atom. The minimum atomic E-state index is -0.500. The molecule has 1 rings (SSSR count). The quantitative estimate of drug-likeness (QED) is 0.785. The van der Waals surface area contributed by atoms with E-state index in [0.717, 1.165) is 19.3 Å². The molecule has 0 spiro atoms. The maximum atomic E-state index is 12.4. The summed E-state index contributed by atoms with van der Waals surface area (Å²) in [5, 5.41) is 6.23. The molecule has 0 aliphatic heterocycles. The van der Waals surface area contributed by atoms with Gasteiger partial charge in [-0.2, -0.15) is 0 Å². The number of aromatic nitrogens is 1. The van der Waals surface area contributed by atoms with Crippen LogP contribution in [-0.2, 0) is 9.59 Å². The molecule has 1 aromatic heterocycles. The Bertz CT molecular complexity index is 449. The number of nitrogens with zero attached hydrogens (tertiary/aromatic N) is 2. The summed E-state index contributed by atoms with van der Waals surface area (Å²) in [4.78, 5) is 26.0. The Balaban J connectivity index is 2.62. The Hall–Kier alpha value is -1.85. The summed E-state index contributed by atoms with van der Waals surface area (Å²) in [6, 6.07) is 1.56. The van der Waals surface area contributed by atoms with E-state index in [4.69, 9.17) is 0 Å². The highest BCUT2D eigenvalue weighted by Gasteiger charge is 2.28. The topological polar surface area (TPSA) is 75.4 Å². The van der Waals surface area contributed by atoms with E-state index < -0.39 is 5.41 Å². The molecule has 1 aromatic rings. The minimum absolute atomic E-state index is 0.0195. The average molecular weight is 295 g/mol. The molecule has 1 N–H and O–H groups in total. The Morgan fingerprint density at radius 3 is 2.57 bits per heavy atom. The van der Waals surface area contributed by atoms with Crippen LogP contribution in [0.1, 0.15) is 47.0 Å². The van der Waals surface area contributed by atoms with Crippen LogP contribution < -0.4 is 5.32 Å². The van der Waals surface area contributed by atoms with Crippen molar-refractivity contribution in [2.45, 2.75) is 47.0 Å². The van der Waals surface area contributed by atoms with E-state index in [1.807, 2.05) is 20.8 Å². The molecule has 0 atom stereocenters. The summed E-state index contributed by atoms with van der Waals surface area (Å²) in [7, 11) is 0. The molecule has 1 heterocycles.